The zero-order valence-electron chi connectivity index (χ0n) is 8.45. The first-order valence-corrected chi connectivity index (χ1v) is 4.99. The van der Waals surface area contributed by atoms with E-state index in [1.54, 1.807) is 11.0 Å². The maximum Gasteiger partial charge on any atom is 0.169 e. The van der Waals surface area contributed by atoms with Crippen LogP contribution in [-0.2, 0) is 13.6 Å². The van der Waals surface area contributed by atoms with Gasteiger partial charge >= 0.3 is 0 Å². The van der Waals surface area contributed by atoms with Gasteiger partial charge in [-0.15, -0.1) is 0 Å². The van der Waals surface area contributed by atoms with Gasteiger partial charge in [0.25, 0.3) is 0 Å². The van der Waals surface area contributed by atoms with Gasteiger partial charge in [0.15, 0.2) is 10.9 Å². The number of rotatable bonds is 4. The predicted octanol–water partition coefficient (Wildman–Crippen LogP) is 0.189. The van der Waals surface area contributed by atoms with Gasteiger partial charge in [0.2, 0.25) is 0 Å². The van der Waals surface area contributed by atoms with E-state index in [9.17, 15) is 0 Å². The SMILES string of the molecule is CCCNC(=S)NCc1ncn(C)n1. The molecule has 0 saturated heterocycles. The van der Waals surface area contributed by atoms with Crippen LogP contribution in [0.25, 0.3) is 0 Å². The molecule has 0 atom stereocenters. The molecular formula is C8H15N5S. The van der Waals surface area contributed by atoms with Crippen molar-refractivity contribution in [2.45, 2.75) is 19.9 Å². The van der Waals surface area contributed by atoms with E-state index >= 15 is 0 Å². The third kappa shape index (κ3) is 3.69. The van der Waals surface area contributed by atoms with E-state index in [-0.39, 0.29) is 0 Å². The summed E-state index contributed by atoms with van der Waals surface area (Å²) in [4.78, 5) is 4.07. The lowest BCUT2D eigenvalue weighted by molar-refractivity contribution is 0.722. The molecule has 0 radical (unpaired) electrons. The van der Waals surface area contributed by atoms with Crippen LogP contribution in [0.15, 0.2) is 6.33 Å². The molecule has 0 aliphatic heterocycles. The molecule has 1 heterocycles. The lowest BCUT2D eigenvalue weighted by Gasteiger charge is -2.07. The summed E-state index contributed by atoms with van der Waals surface area (Å²) >= 11 is 5.04. The van der Waals surface area contributed by atoms with Gasteiger partial charge in [-0.05, 0) is 18.6 Å². The Hall–Kier alpha value is -1.17. The monoisotopic (exact) mass is 213 g/mol. The summed E-state index contributed by atoms with van der Waals surface area (Å²) in [6.07, 6.45) is 2.73. The highest BCUT2D eigenvalue weighted by Gasteiger charge is 1.99. The molecule has 0 aromatic carbocycles. The van der Waals surface area contributed by atoms with Crippen molar-refractivity contribution in [3.63, 3.8) is 0 Å². The standard InChI is InChI=1S/C8H15N5S/c1-3-4-9-8(14)10-5-7-11-6-13(2)12-7/h6H,3-5H2,1-2H3,(H2,9,10,14). The van der Waals surface area contributed by atoms with Crippen LogP contribution < -0.4 is 10.6 Å². The fraction of sp³-hybridized carbons (Fsp3) is 0.625. The van der Waals surface area contributed by atoms with Crippen molar-refractivity contribution >= 4 is 17.3 Å². The van der Waals surface area contributed by atoms with Crippen LogP contribution in [0.2, 0.25) is 0 Å². The van der Waals surface area contributed by atoms with Crippen molar-refractivity contribution in [3.05, 3.63) is 12.2 Å². The summed E-state index contributed by atoms with van der Waals surface area (Å²) in [6, 6.07) is 0. The molecule has 1 aromatic rings. The van der Waals surface area contributed by atoms with Crippen LogP contribution in [0.3, 0.4) is 0 Å². The minimum atomic E-state index is 0.566. The van der Waals surface area contributed by atoms with Gasteiger partial charge in [-0.1, -0.05) is 6.92 Å². The molecule has 0 spiro atoms. The van der Waals surface area contributed by atoms with Crippen LogP contribution >= 0.6 is 12.2 Å². The van der Waals surface area contributed by atoms with Crippen LogP contribution in [0.4, 0.5) is 0 Å². The molecule has 0 fully saturated rings. The molecule has 0 aliphatic rings. The van der Waals surface area contributed by atoms with Crippen molar-refractivity contribution < 1.29 is 0 Å². The first kappa shape index (κ1) is 10.9. The summed E-state index contributed by atoms with van der Waals surface area (Å²) in [6.45, 7) is 3.55. The number of nitrogens with zero attached hydrogens (tertiary/aromatic N) is 3. The Balaban J connectivity index is 2.23. The normalized spacial score (nSPS) is 9.86. The molecule has 1 rings (SSSR count). The second-order valence-corrected chi connectivity index (χ2v) is 3.35. The van der Waals surface area contributed by atoms with Crippen molar-refractivity contribution in [1.29, 1.82) is 0 Å². The van der Waals surface area contributed by atoms with Crippen molar-refractivity contribution in [1.82, 2.24) is 25.4 Å². The minimum Gasteiger partial charge on any atom is -0.363 e. The Morgan fingerprint density at radius 2 is 2.36 bits per heavy atom. The molecule has 14 heavy (non-hydrogen) atoms. The van der Waals surface area contributed by atoms with Crippen molar-refractivity contribution in [2.24, 2.45) is 7.05 Å². The first-order valence-electron chi connectivity index (χ1n) is 4.58. The predicted molar refractivity (Wildman–Crippen MR) is 58.7 cm³/mol. The molecule has 5 nitrogen and oxygen atoms in total. The molecule has 0 saturated carbocycles. The van der Waals surface area contributed by atoms with Gasteiger partial charge in [0.1, 0.15) is 6.33 Å². The number of aromatic nitrogens is 3. The second-order valence-electron chi connectivity index (χ2n) is 2.94. The first-order chi connectivity index (χ1) is 6.72. The molecular weight excluding hydrogens is 198 g/mol. The summed E-state index contributed by atoms with van der Waals surface area (Å²) in [5.41, 5.74) is 0. The van der Waals surface area contributed by atoms with Gasteiger partial charge < -0.3 is 10.6 Å². The Kier molecular flexibility index (Phi) is 4.31. The summed E-state index contributed by atoms with van der Waals surface area (Å²) in [7, 11) is 1.84. The topological polar surface area (TPSA) is 54.8 Å². The highest BCUT2D eigenvalue weighted by atomic mass is 32.1. The summed E-state index contributed by atoms with van der Waals surface area (Å²) in [5, 5.41) is 10.9. The van der Waals surface area contributed by atoms with Crippen LogP contribution in [0, 0.1) is 0 Å². The van der Waals surface area contributed by atoms with Crippen LogP contribution in [0.1, 0.15) is 19.2 Å². The fourth-order valence-corrected chi connectivity index (χ4v) is 1.10. The Morgan fingerprint density at radius 3 is 2.93 bits per heavy atom. The highest BCUT2D eigenvalue weighted by molar-refractivity contribution is 7.80. The van der Waals surface area contributed by atoms with Gasteiger partial charge in [-0.3, -0.25) is 4.68 Å². The lowest BCUT2D eigenvalue weighted by atomic mass is 10.5. The average Bonchev–Trinajstić information content (AvgIpc) is 2.58. The molecule has 0 unspecified atom stereocenters. The highest BCUT2D eigenvalue weighted by Crippen LogP contribution is 1.86. The molecule has 1 aromatic heterocycles. The Bertz CT molecular complexity index is 296. The second kappa shape index (κ2) is 5.54. The average molecular weight is 213 g/mol. The van der Waals surface area contributed by atoms with E-state index in [0.29, 0.717) is 11.7 Å². The van der Waals surface area contributed by atoms with Crippen LogP contribution in [-0.4, -0.2) is 26.4 Å². The molecule has 0 bridgehead atoms. The maximum absolute atomic E-state index is 5.04. The third-order valence-corrected chi connectivity index (χ3v) is 1.88. The van der Waals surface area contributed by atoms with E-state index in [1.165, 1.54) is 0 Å². The van der Waals surface area contributed by atoms with Gasteiger partial charge in [0, 0.05) is 13.6 Å². The molecule has 6 heteroatoms. The van der Waals surface area contributed by atoms with Crippen LogP contribution in [0.5, 0.6) is 0 Å². The van der Waals surface area contributed by atoms with E-state index < -0.39 is 0 Å². The molecule has 78 valence electrons. The number of hydrogen-bond acceptors (Lipinski definition) is 3. The summed E-state index contributed by atoms with van der Waals surface area (Å²) in [5.74, 6) is 0.744. The van der Waals surface area contributed by atoms with E-state index in [0.717, 1.165) is 18.8 Å². The number of aryl methyl sites for hydroxylation is 1. The van der Waals surface area contributed by atoms with Gasteiger partial charge in [0.05, 0.1) is 6.54 Å². The quantitative estimate of drug-likeness (QED) is 0.699. The van der Waals surface area contributed by atoms with Crippen molar-refractivity contribution in [3.8, 4) is 0 Å². The number of hydrogen-bond donors (Lipinski definition) is 2. The zero-order chi connectivity index (χ0) is 10.4. The summed E-state index contributed by atoms with van der Waals surface area (Å²) < 4.78 is 1.67. The Labute approximate surface area is 88.9 Å². The van der Waals surface area contributed by atoms with Crippen molar-refractivity contribution in [2.75, 3.05) is 6.54 Å². The molecule has 2 N–H and O–H groups in total. The van der Waals surface area contributed by atoms with Gasteiger partial charge in [-0.2, -0.15) is 5.10 Å². The Morgan fingerprint density at radius 1 is 1.57 bits per heavy atom. The number of thiocarbonyl (C=S) groups is 1. The fourth-order valence-electron chi connectivity index (χ4n) is 0.925. The number of nitrogens with one attached hydrogen (secondary N) is 2. The lowest BCUT2D eigenvalue weighted by Crippen LogP contribution is -2.35. The minimum absolute atomic E-state index is 0.566. The largest absolute Gasteiger partial charge is 0.363 e. The van der Waals surface area contributed by atoms with E-state index in [2.05, 4.69) is 27.6 Å². The van der Waals surface area contributed by atoms with E-state index in [1.807, 2.05) is 7.05 Å². The van der Waals surface area contributed by atoms with Gasteiger partial charge in [-0.25, -0.2) is 4.98 Å². The van der Waals surface area contributed by atoms with E-state index in [4.69, 9.17) is 12.2 Å². The molecule has 0 aliphatic carbocycles. The maximum atomic E-state index is 5.04. The third-order valence-electron chi connectivity index (χ3n) is 1.59. The smallest absolute Gasteiger partial charge is 0.169 e. The molecule has 0 amide bonds. The zero-order valence-corrected chi connectivity index (χ0v) is 9.27.